The number of nitrogens with one attached hydrogen (secondary N) is 8. The molecule has 1 fully saturated rings. The van der Waals surface area contributed by atoms with Crippen molar-refractivity contribution >= 4 is 111 Å². The summed E-state index contributed by atoms with van der Waals surface area (Å²) in [6.45, 7) is 1.30. The Morgan fingerprint density at radius 1 is 0.733 bits per heavy atom. The smallest absolute Gasteiger partial charge is 0.305 e. The maximum Gasteiger partial charge on any atom is 0.305 e. The number of aromatic nitrogens is 3. The Balaban J connectivity index is 1.15. The number of carbonyl (C=O) groups is 11. The number of guanidine groups is 1. The number of phenols is 1. The lowest BCUT2D eigenvalue weighted by Crippen LogP contribution is -2.62. The molecular formula is C70H86FN15O13S2. The van der Waals surface area contributed by atoms with E-state index >= 15 is 19.2 Å². The largest absolute Gasteiger partial charge is 0.508 e. The van der Waals surface area contributed by atoms with Gasteiger partial charge >= 0.3 is 5.97 Å². The minimum absolute atomic E-state index is 0.0333. The number of aliphatic imine (C=N–C) groups is 1. The van der Waals surface area contributed by atoms with Crippen molar-refractivity contribution in [3.63, 3.8) is 0 Å². The van der Waals surface area contributed by atoms with Gasteiger partial charge in [0.05, 0.1) is 36.9 Å². The Bertz CT molecular complexity index is 3970. The molecule has 0 radical (unpaired) electrons. The number of carboxylic acids is 1. The SMILES string of the molecule is C[C@@]12CCCN1C(=O)[C@H](Cc1ccc(O)cc1)NC(=O)[C@H](Cc1cnc[nH]1)CC(=O)[C@H](CC(=O)O)NC(=O)[C@H](Cc1c[nH]c3ccc(F)cc13)NC(=O)[C@H](Cc1ccc(N=C(N)N)cc1)CC(=O)CNC(=O)[C@H](CCCCN)NC(=O)CCSCc1cccc(c1)CSC[C@@H](C(N)=O)NC2=O. The number of H-pyrrole nitrogens is 2. The number of carbonyl (C=O) groups excluding carboxylic acids is 10. The van der Waals surface area contributed by atoms with Crippen LogP contribution in [-0.2, 0) is 89.9 Å². The summed E-state index contributed by atoms with van der Waals surface area (Å²) in [6.07, 6.45) is 2.47. The molecule has 0 unspecified atom stereocenters. The highest BCUT2D eigenvalue weighted by molar-refractivity contribution is 7.98. The first-order valence-electron chi connectivity index (χ1n) is 33.1. The zero-order valence-corrected chi connectivity index (χ0v) is 57.4. The predicted octanol–water partition coefficient (Wildman–Crippen LogP) is 2.64. The molecule has 2 aromatic heterocycles. The number of aromatic amines is 2. The molecule has 18 N–H and O–H groups in total. The standard InChI is InChI=1S/C70H86FN15O13S2/c1-70-20-5-22-86(70)67(98)57(26-41-11-16-50(87)17-12-41)84-64(95)45(27-49-34-76-39-79-49)30-59(89)55(32-61(91)92)82-66(97)56(29-46-33-77-53-18-13-47(71)31-52(46)53)83-63(94)44(25-40-9-14-48(15-10-40)80-69(74)75)28-51(88)35-78-65(96)54(8-2-3-21-72)81-60(90)19-23-100-36-42-6-4-7-43(24-42)37-101-38-58(62(73)93)85-68(70)99/h4,6-7,9-18,24,31,33-34,39,44-45,54-58,77,87H,2-3,5,8,19-23,25-30,32,35-38,72H2,1H3,(H2,73,93)(H,76,79)(H,78,96)(H,81,90)(H,82,97)(H,83,94)(H,84,95)(H,85,99)(H,91,92)(H4,74,75,80)/t44-,45-,54+,55+,56+,57+,58+,70+/m1/s1. The van der Waals surface area contributed by atoms with Crippen LogP contribution in [0.2, 0.25) is 0 Å². The number of benzene rings is 4. The van der Waals surface area contributed by atoms with E-state index in [1.165, 1.54) is 96.5 Å². The molecule has 2 aliphatic heterocycles. The van der Waals surface area contributed by atoms with Crippen molar-refractivity contribution in [1.29, 1.82) is 0 Å². The highest BCUT2D eigenvalue weighted by Gasteiger charge is 2.49. The Hall–Kier alpha value is -10.1. The number of fused-ring (bicyclic) bond motifs is 4. The topological polar surface area (TPSA) is 465 Å². The quantitative estimate of drug-likeness (QED) is 0.0376. The number of carboxylic acid groups (broad SMARTS) is 1. The number of aromatic hydroxyl groups is 1. The zero-order valence-electron chi connectivity index (χ0n) is 55.8. The minimum atomic E-state index is -1.90. The van der Waals surface area contributed by atoms with Gasteiger partial charge in [0.1, 0.15) is 41.3 Å². The van der Waals surface area contributed by atoms with Crippen LogP contribution in [0, 0.1) is 17.7 Å². The highest BCUT2D eigenvalue weighted by atomic mass is 32.2. The van der Waals surface area contributed by atoms with Gasteiger partial charge in [0.2, 0.25) is 47.3 Å². The summed E-state index contributed by atoms with van der Waals surface area (Å²) in [4.78, 5) is 173. The molecular weight excluding hydrogens is 1340 g/mol. The summed E-state index contributed by atoms with van der Waals surface area (Å²) in [7, 11) is 0. The van der Waals surface area contributed by atoms with Crippen LogP contribution in [0.5, 0.6) is 5.75 Å². The first-order valence-corrected chi connectivity index (χ1v) is 35.4. The fraction of sp³-hybridized carbons (Fsp3) is 0.414. The van der Waals surface area contributed by atoms with Crippen LogP contribution < -0.4 is 54.8 Å². The number of imidazole rings is 1. The summed E-state index contributed by atoms with van der Waals surface area (Å²) in [5, 5.41) is 37.1. The van der Waals surface area contributed by atoms with E-state index in [9.17, 15) is 48.2 Å². The molecule has 8 rings (SSSR count). The second kappa shape index (κ2) is 36.8. The molecule has 6 aromatic rings. The normalized spacial score (nSPS) is 22.7. The fourth-order valence-electron chi connectivity index (χ4n) is 12.2. The fourth-order valence-corrected chi connectivity index (χ4v) is 14.1. The van der Waals surface area contributed by atoms with Crippen LogP contribution in [-0.4, -0.2) is 168 Å². The van der Waals surface area contributed by atoms with Crippen molar-refractivity contribution in [3.8, 4) is 5.75 Å². The van der Waals surface area contributed by atoms with Crippen LogP contribution in [0.15, 0.2) is 115 Å². The monoisotopic (exact) mass is 1430 g/mol. The van der Waals surface area contributed by atoms with E-state index in [1.807, 2.05) is 24.3 Å². The van der Waals surface area contributed by atoms with Crippen molar-refractivity contribution in [2.45, 2.75) is 138 Å². The summed E-state index contributed by atoms with van der Waals surface area (Å²) in [5.41, 5.74) is 25.6. The van der Waals surface area contributed by atoms with E-state index < -0.39 is 150 Å². The number of unbranched alkanes of at least 4 members (excludes halogenated alkanes) is 1. The number of primary amides is 1. The second-order valence-electron chi connectivity index (χ2n) is 25.4. The summed E-state index contributed by atoms with van der Waals surface area (Å²) in [5.74, 6) is -11.7. The molecule has 4 heterocycles. The molecule has 0 saturated carbocycles. The van der Waals surface area contributed by atoms with Gasteiger partial charge in [-0.05, 0) is 122 Å². The van der Waals surface area contributed by atoms with Gasteiger partial charge in [0.15, 0.2) is 17.5 Å². The van der Waals surface area contributed by atoms with E-state index in [0.29, 0.717) is 82.0 Å². The van der Waals surface area contributed by atoms with E-state index in [0.717, 1.165) is 11.1 Å². The number of hydrogen-bond donors (Lipinski definition) is 14. The number of nitrogens with two attached hydrogens (primary N) is 4. The van der Waals surface area contributed by atoms with Crippen molar-refractivity contribution in [3.05, 3.63) is 149 Å². The third-order valence-corrected chi connectivity index (χ3v) is 19.7. The summed E-state index contributed by atoms with van der Waals surface area (Å²) < 4.78 is 15.0. The molecule has 2 aliphatic rings. The van der Waals surface area contributed by atoms with Gasteiger partial charge in [-0.1, -0.05) is 48.5 Å². The predicted molar refractivity (Wildman–Crippen MR) is 378 cm³/mol. The second-order valence-corrected chi connectivity index (χ2v) is 27.5. The van der Waals surface area contributed by atoms with Crippen LogP contribution >= 0.6 is 23.5 Å². The molecule has 0 aliphatic carbocycles. The van der Waals surface area contributed by atoms with Crippen molar-refractivity contribution < 1.29 is 67.3 Å². The van der Waals surface area contributed by atoms with Crippen LogP contribution in [0.3, 0.4) is 0 Å². The number of nitrogens with zero attached hydrogens (tertiary/aromatic N) is 3. The van der Waals surface area contributed by atoms with Gasteiger partial charge in [0.25, 0.3) is 0 Å². The van der Waals surface area contributed by atoms with Crippen LogP contribution in [0.4, 0.5) is 10.1 Å². The first-order chi connectivity index (χ1) is 48.3. The third-order valence-electron chi connectivity index (χ3n) is 17.6. The summed E-state index contributed by atoms with van der Waals surface area (Å²) in [6, 6.07) is 16.3. The molecule has 28 nitrogen and oxygen atoms in total. The molecule has 538 valence electrons. The molecule has 1 saturated heterocycles. The molecule has 8 atom stereocenters. The number of phenolic OH excluding ortho intramolecular Hbond substituents is 1. The van der Waals surface area contributed by atoms with Gasteiger partial charge < -0.3 is 79.9 Å². The van der Waals surface area contributed by atoms with Crippen LogP contribution in [0.25, 0.3) is 10.9 Å². The number of halogens is 1. The van der Waals surface area contributed by atoms with Gasteiger partial charge in [-0.2, -0.15) is 23.5 Å². The average Bonchev–Trinajstić information content (AvgIpc) is 1.68. The Morgan fingerprint density at radius 2 is 1.42 bits per heavy atom. The van der Waals surface area contributed by atoms with E-state index in [-0.39, 0.29) is 62.5 Å². The van der Waals surface area contributed by atoms with Gasteiger partial charge in [0, 0.05) is 103 Å². The zero-order chi connectivity index (χ0) is 72.8. The van der Waals surface area contributed by atoms with Gasteiger partial charge in [-0.25, -0.2) is 14.4 Å². The molecule has 101 heavy (non-hydrogen) atoms. The van der Waals surface area contributed by atoms with Gasteiger partial charge in [-0.3, -0.25) is 52.7 Å². The maximum absolute atomic E-state index is 15.2. The van der Waals surface area contributed by atoms with E-state index in [4.69, 9.17) is 22.9 Å². The molecule has 2 bridgehead atoms. The lowest BCUT2D eigenvalue weighted by Gasteiger charge is -2.37. The van der Waals surface area contributed by atoms with Gasteiger partial charge in [-0.15, -0.1) is 0 Å². The first kappa shape index (κ1) is 76.6. The van der Waals surface area contributed by atoms with Crippen LogP contribution in [0.1, 0.15) is 98.2 Å². The van der Waals surface area contributed by atoms with Crippen molar-refractivity contribution in [2.24, 2.45) is 39.8 Å². The van der Waals surface area contributed by atoms with E-state index in [2.05, 4.69) is 51.8 Å². The van der Waals surface area contributed by atoms with E-state index in [1.54, 1.807) is 24.3 Å². The molecule has 8 amide bonds. The average molecular weight is 1430 g/mol. The maximum atomic E-state index is 15.2. The number of thioether (sulfide) groups is 2. The number of ketones is 2. The molecule has 31 heteroatoms. The minimum Gasteiger partial charge on any atom is -0.508 e. The highest BCUT2D eigenvalue weighted by Crippen LogP contribution is 2.32. The molecule has 4 aromatic carbocycles. The summed E-state index contributed by atoms with van der Waals surface area (Å²) >= 11 is 2.82. The number of rotatable bonds is 16. The Kier molecular flexibility index (Phi) is 27.9. The number of hydrogen-bond acceptors (Lipinski definition) is 17. The Morgan fingerprint density at radius 3 is 2.10 bits per heavy atom. The number of aliphatic carboxylic acids is 1. The van der Waals surface area contributed by atoms with Crippen molar-refractivity contribution in [2.75, 3.05) is 31.1 Å². The number of amides is 8. The third kappa shape index (κ3) is 22.7. The lowest BCUT2D eigenvalue weighted by atomic mass is 9.91. The van der Waals surface area contributed by atoms with Crippen molar-refractivity contribution in [1.82, 2.24) is 51.8 Å². The lowest BCUT2D eigenvalue weighted by molar-refractivity contribution is -0.147. The number of Topliss-reactive ketones (excluding diaryl/α,β-unsaturated/α-hetero) is 2. The molecule has 0 spiro atoms. The Labute approximate surface area is 590 Å².